The van der Waals surface area contributed by atoms with Gasteiger partial charge in [0.05, 0.1) is 6.54 Å². The summed E-state index contributed by atoms with van der Waals surface area (Å²) in [4.78, 5) is 12.3. The van der Waals surface area contributed by atoms with E-state index in [0.717, 1.165) is 4.88 Å². The second-order valence-corrected chi connectivity index (χ2v) is 5.34. The van der Waals surface area contributed by atoms with E-state index < -0.39 is 6.10 Å². The van der Waals surface area contributed by atoms with Crippen LogP contribution in [0.2, 0.25) is 0 Å². The van der Waals surface area contributed by atoms with Crippen LogP contribution in [-0.2, 0) is 4.79 Å². The summed E-state index contributed by atoms with van der Waals surface area (Å²) in [5, 5.41) is 17.4. The first-order valence-electron chi connectivity index (χ1n) is 5.78. The topological polar surface area (TPSA) is 61.4 Å². The summed E-state index contributed by atoms with van der Waals surface area (Å²) in [6.07, 6.45) is -0.534. The summed E-state index contributed by atoms with van der Waals surface area (Å²) in [5.74, 6) is 0.424. The second-order valence-electron chi connectivity index (χ2n) is 4.36. The molecule has 0 radical (unpaired) electrons. The zero-order valence-corrected chi connectivity index (χ0v) is 11.1. The molecule has 1 atom stereocenters. The third kappa shape index (κ3) is 5.81. The molecule has 0 aromatic carbocycles. The third-order valence-electron chi connectivity index (χ3n) is 2.20. The first kappa shape index (κ1) is 14.2. The van der Waals surface area contributed by atoms with Gasteiger partial charge in [0, 0.05) is 18.0 Å². The lowest BCUT2D eigenvalue weighted by molar-refractivity contribution is -0.120. The van der Waals surface area contributed by atoms with Gasteiger partial charge >= 0.3 is 0 Å². The van der Waals surface area contributed by atoms with Crippen LogP contribution >= 0.6 is 11.3 Å². The van der Waals surface area contributed by atoms with Gasteiger partial charge in [0.25, 0.3) is 0 Å². The van der Waals surface area contributed by atoms with Gasteiger partial charge in [-0.2, -0.15) is 0 Å². The molecule has 1 amide bonds. The number of carbonyl (C=O) groups is 1. The minimum atomic E-state index is -0.534. The molecule has 17 heavy (non-hydrogen) atoms. The minimum absolute atomic E-state index is 0.0305. The van der Waals surface area contributed by atoms with Crippen molar-refractivity contribution in [3.63, 3.8) is 0 Å². The third-order valence-corrected chi connectivity index (χ3v) is 3.18. The number of amides is 1. The highest BCUT2D eigenvalue weighted by Crippen LogP contribution is 2.17. The lowest BCUT2D eigenvalue weighted by Crippen LogP contribution is -2.37. The monoisotopic (exact) mass is 256 g/mol. The van der Waals surface area contributed by atoms with E-state index in [-0.39, 0.29) is 12.5 Å². The molecule has 4 nitrogen and oxygen atoms in total. The molecule has 0 fully saturated rings. The Morgan fingerprint density at radius 1 is 1.47 bits per heavy atom. The van der Waals surface area contributed by atoms with E-state index >= 15 is 0 Å². The Kier molecular flexibility index (Phi) is 6.18. The van der Waals surface area contributed by atoms with Gasteiger partial charge in [-0.05, 0) is 17.4 Å². The Hall–Kier alpha value is -0.910. The van der Waals surface area contributed by atoms with Gasteiger partial charge in [-0.15, -0.1) is 11.3 Å². The Labute approximate surface area is 106 Å². The number of hydrogen-bond acceptors (Lipinski definition) is 4. The molecule has 0 saturated heterocycles. The van der Waals surface area contributed by atoms with Crippen molar-refractivity contribution in [2.24, 2.45) is 5.92 Å². The first-order chi connectivity index (χ1) is 8.09. The fourth-order valence-electron chi connectivity index (χ4n) is 1.28. The number of rotatable bonds is 7. The molecule has 96 valence electrons. The van der Waals surface area contributed by atoms with Crippen LogP contribution in [0.3, 0.4) is 0 Å². The number of thiophene rings is 1. The molecule has 1 aromatic heterocycles. The molecule has 0 aliphatic carbocycles. The van der Waals surface area contributed by atoms with Crippen LogP contribution in [0.1, 0.15) is 24.8 Å². The average molecular weight is 256 g/mol. The van der Waals surface area contributed by atoms with Crippen LogP contribution in [0.25, 0.3) is 0 Å². The van der Waals surface area contributed by atoms with Crippen LogP contribution in [0.15, 0.2) is 17.5 Å². The Bertz CT molecular complexity index is 325. The quantitative estimate of drug-likeness (QED) is 0.685. The van der Waals surface area contributed by atoms with Crippen LogP contribution in [0.5, 0.6) is 0 Å². The SMILES string of the molecule is CC(C)CNC(=O)CNCC(O)c1cccs1. The fraction of sp³-hybridized carbons (Fsp3) is 0.583. The Morgan fingerprint density at radius 2 is 2.24 bits per heavy atom. The number of aliphatic hydroxyl groups excluding tert-OH is 1. The van der Waals surface area contributed by atoms with Crippen molar-refractivity contribution in [2.45, 2.75) is 20.0 Å². The fourth-order valence-corrected chi connectivity index (χ4v) is 2.00. The largest absolute Gasteiger partial charge is 0.386 e. The minimum Gasteiger partial charge on any atom is -0.386 e. The van der Waals surface area contributed by atoms with Crippen molar-refractivity contribution >= 4 is 17.2 Å². The summed E-state index contributed by atoms with van der Waals surface area (Å²) in [7, 11) is 0. The maximum absolute atomic E-state index is 11.4. The Balaban J connectivity index is 2.13. The van der Waals surface area contributed by atoms with E-state index in [1.807, 2.05) is 31.4 Å². The number of aliphatic hydroxyl groups is 1. The van der Waals surface area contributed by atoms with E-state index in [1.54, 1.807) is 0 Å². The summed E-state index contributed by atoms with van der Waals surface area (Å²) in [6.45, 7) is 5.43. The summed E-state index contributed by atoms with van der Waals surface area (Å²) in [6, 6.07) is 3.79. The van der Waals surface area contributed by atoms with E-state index in [0.29, 0.717) is 19.0 Å². The maximum atomic E-state index is 11.4. The highest BCUT2D eigenvalue weighted by molar-refractivity contribution is 7.10. The molecule has 0 aliphatic rings. The van der Waals surface area contributed by atoms with E-state index in [2.05, 4.69) is 10.6 Å². The summed E-state index contributed by atoms with van der Waals surface area (Å²) < 4.78 is 0. The molecule has 0 bridgehead atoms. The van der Waals surface area contributed by atoms with Crippen molar-refractivity contribution in [3.05, 3.63) is 22.4 Å². The van der Waals surface area contributed by atoms with Crippen LogP contribution in [0, 0.1) is 5.92 Å². The van der Waals surface area contributed by atoms with Crippen LogP contribution in [-0.4, -0.2) is 30.6 Å². The van der Waals surface area contributed by atoms with E-state index in [9.17, 15) is 9.90 Å². The zero-order chi connectivity index (χ0) is 12.7. The molecule has 3 N–H and O–H groups in total. The van der Waals surface area contributed by atoms with Crippen molar-refractivity contribution in [3.8, 4) is 0 Å². The lowest BCUT2D eigenvalue weighted by atomic mass is 10.2. The maximum Gasteiger partial charge on any atom is 0.233 e. The molecule has 1 aromatic rings. The molecular formula is C12H20N2O2S. The Morgan fingerprint density at radius 3 is 2.82 bits per heavy atom. The standard InChI is InChI=1S/C12H20N2O2S/c1-9(2)6-14-12(16)8-13-7-10(15)11-4-3-5-17-11/h3-5,9-10,13,15H,6-8H2,1-2H3,(H,14,16). The van der Waals surface area contributed by atoms with Crippen molar-refractivity contribution in [1.82, 2.24) is 10.6 Å². The molecule has 1 heterocycles. The van der Waals surface area contributed by atoms with Gasteiger partial charge in [0.2, 0.25) is 5.91 Å². The molecule has 0 spiro atoms. The highest BCUT2D eigenvalue weighted by Gasteiger charge is 2.08. The van der Waals surface area contributed by atoms with Gasteiger partial charge in [0.15, 0.2) is 0 Å². The zero-order valence-electron chi connectivity index (χ0n) is 10.3. The normalized spacial score (nSPS) is 12.7. The molecule has 1 rings (SSSR count). The number of carbonyl (C=O) groups excluding carboxylic acids is 1. The smallest absolute Gasteiger partial charge is 0.233 e. The molecular weight excluding hydrogens is 236 g/mol. The van der Waals surface area contributed by atoms with Gasteiger partial charge in [-0.3, -0.25) is 4.79 Å². The molecule has 0 saturated carbocycles. The van der Waals surface area contributed by atoms with Gasteiger partial charge in [-0.1, -0.05) is 19.9 Å². The highest BCUT2D eigenvalue weighted by atomic mass is 32.1. The second kappa shape index (κ2) is 7.42. The first-order valence-corrected chi connectivity index (χ1v) is 6.66. The predicted octanol–water partition coefficient (Wildman–Crippen LogP) is 1.14. The van der Waals surface area contributed by atoms with E-state index in [4.69, 9.17) is 0 Å². The summed E-state index contributed by atoms with van der Waals surface area (Å²) in [5.41, 5.74) is 0. The van der Waals surface area contributed by atoms with Gasteiger partial charge < -0.3 is 15.7 Å². The lowest BCUT2D eigenvalue weighted by Gasteiger charge is -2.11. The average Bonchev–Trinajstić information content (AvgIpc) is 2.79. The van der Waals surface area contributed by atoms with Crippen LogP contribution in [0.4, 0.5) is 0 Å². The van der Waals surface area contributed by atoms with Crippen molar-refractivity contribution in [1.29, 1.82) is 0 Å². The summed E-state index contributed by atoms with van der Waals surface area (Å²) >= 11 is 1.51. The van der Waals surface area contributed by atoms with Gasteiger partial charge in [0.1, 0.15) is 6.10 Å². The molecule has 1 unspecified atom stereocenters. The molecule has 0 aliphatic heterocycles. The van der Waals surface area contributed by atoms with Crippen molar-refractivity contribution < 1.29 is 9.90 Å². The van der Waals surface area contributed by atoms with E-state index in [1.165, 1.54) is 11.3 Å². The van der Waals surface area contributed by atoms with Crippen molar-refractivity contribution in [2.75, 3.05) is 19.6 Å². The number of nitrogens with one attached hydrogen (secondary N) is 2. The molecule has 5 heteroatoms. The number of hydrogen-bond donors (Lipinski definition) is 3. The predicted molar refractivity (Wildman–Crippen MR) is 70.0 cm³/mol. The van der Waals surface area contributed by atoms with Crippen LogP contribution < -0.4 is 10.6 Å². The van der Waals surface area contributed by atoms with Gasteiger partial charge in [-0.25, -0.2) is 0 Å².